The molecule has 22 heteroatoms. The number of ether oxygens (including phenoxy) is 4. The molecule has 5 aromatic rings. The first-order chi connectivity index (χ1) is 30.7. The predicted octanol–water partition coefficient (Wildman–Crippen LogP) is 3.67. The van der Waals surface area contributed by atoms with E-state index in [0.29, 0.717) is 68.2 Å². The van der Waals surface area contributed by atoms with Crippen molar-refractivity contribution in [2.24, 2.45) is 12.8 Å². The van der Waals surface area contributed by atoms with E-state index in [2.05, 4.69) is 46.6 Å². The second-order valence-electron chi connectivity index (χ2n) is 14.7. The van der Waals surface area contributed by atoms with Crippen LogP contribution in [-0.2, 0) is 47.2 Å². The van der Waals surface area contributed by atoms with E-state index >= 15 is 0 Å². The number of nitrogens with two attached hydrogens (primary N) is 1. The van der Waals surface area contributed by atoms with Gasteiger partial charge in [0.15, 0.2) is 0 Å². The molecule has 2 unspecified atom stereocenters. The molecule has 0 spiro atoms. The minimum absolute atomic E-state index is 0.0477. The van der Waals surface area contributed by atoms with Crippen LogP contribution in [-0.4, -0.2) is 110 Å². The van der Waals surface area contributed by atoms with Gasteiger partial charge >= 0.3 is 5.69 Å². The molecule has 1 fully saturated rings. The first kappa shape index (κ1) is 48.1. The van der Waals surface area contributed by atoms with Gasteiger partial charge in [-0.25, -0.2) is 27.3 Å². The zero-order valence-electron chi connectivity index (χ0n) is 35.3. The molecule has 1 saturated heterocycles. The lowest BCUT2D eigenvalue weighted by Gasteiger charge is -2.29. The number of nitrogens with zero attached hydrogens (tertiary/aromatic N) is 4. The van der Waals surface area contributed by atoms with Crippen LogP contribution in [0.25, 0.3) is 11.0 Å². The second-order valence-corrected chi connectivity index (χ2v) is 17.3. The number of imidazole rings is 1. The fraction of sp³-hybridized carbons (Fsp3) is 0.405. The molecule has 2 atom stereocenters. The number of nitrogens with one attached hydrogen (secondary N) is 4. The molecule has 3 aromatic carbocycles. The lowest BCUT2D eigenvalue weighted by molar-refractivity contribution is -0.128. The highest BCUT2D eigenvalue weighted by Crippen LogP contribution is 2.30. The van der Waals surface area contributed by atoms with E-state index < -0.39 is 34.0 Å². The highest BCUT2D eigenvalue weighted by molar-refractivity contribution is 9.10. The van der Waals surface area contributed by atoms with Crippen molar-refractivity contribution in [2.75, 3.05) is 70.0 Å². The Kier molecular flexibility index (Phi) is 16.9. The summed E-state index contributed by atoms with van der Waals surface area (Å²) in [5.41, 5.74) is 8.57. The van der Waals surface area contributed by atoms with Crippen LogP contribution in [0.3, 0.4) is 0 Å². The van der Waals surface area contributed by atoms with Crippen molar-refractivity contribution < 1.29 is 46.5 Å². The molecule has 1 aliphatic rings. The number of aryl methyl sites for hydroxylation is 3. The van der Waals surface area contributed by atoms with Crippen LogP contribution in [0, 0.1) is 12.7 Å². The van der Waals surface area contributed by atoms with Crippen LogP contribution in [0.1, 0.15) is 46.8 Å². The minimum Gasteiger partial charge on any atom is -0.379 e. The van der Waals surface area contributed by atoms with Crippen molar-refractivity contribution in [1.82, 2.24) is 29.1 Å². The van der Waals surface area contributed by atoms with Crippen molar-refractivity contribution in [2.45, 2.75) is 49.8 Å². The molecule has 19 nitrogen and oxygen atoms in total. The summed E-state index contributed by atoms with van der Waals surface area (Å²) in [6.45, 7) is 4.50. The molecule has 3 heterocycles. The van der Waals surface area contributed by atoms with Gasteiger partial charge in [-0.2, -0.15) is 4.98 Å². The molecule has 0 aliphatic carbocycles. The summed E-state index contributed by atoms with van der Waals surface area (Å²) in [5.74, 6) is -1.58. The van der Waals surface area contributed by atoms with Gasteiger partial charge in [-0.3, -0.25) is 18.7 Å². The number of halogens is 2. The molecule has 2 amide bonds. The summed E-state index contributed by atoms with van der Waals surface area (Å²) in [6.07, 6.45) is 2.37. The largest absolute Gasteiger partial charge is 0.379 e. The van der Waals surface area contributed by atoms with Gasteiger partial charge in [0.2, 0.25) is 21.9 Å². The molecule has 6 rings (SSSR count). The van der Waals surface area contributed by atoms with Crippen molar-refractivity contribution >= 4 is 71.9 Å². The summed E-state index contributed by atoms with van der Waals surface area (Å²) in [5, 5.41) is 18.9. The second kappa shape index (κ2) is 22.5. The average molecular weight is 973 g/mol. The van der Waals surface area contributed by atoms with Crippen LogP contribution in [0.2, 0.25) is 0 Å². The van der Waals surface area contributed by atoms with Gasteiger partial charge in [-0.15, -0.1) is 0 Å². The Balaban J connectivity index is 0.817. The first-order valence-electron chi connectivity index (χ1n) is 20.5. The number of carbonyl (C=O) groups excluding carboxylic acids is 2. The first-order valence-corrected chi connectivity index (χ1v) is 22.7. The van der Waals surface area contributed by atoms with E-state index in [0.717, 1.165) is 29.1 Å². The molecule has 7 N–H and O–H groups in total. The maximum atomic E-state index is 14.3. The Morgan fingerprint density at radius 2 is 1.66 bits per heavy atom. The van der Waals surface area contributed by atoms with Gasteiger partial charge in [-0.1, -0.05) is 18.2 Å². The number of aliphatic hydroxyl groups excluding tert-OH is 1. The molecule has 0 bridgehead atoms. The van der Waals surface area contributed by atoms with Crippen LogP contribution in [0.5, 0.6) is 0 Å². The summed E-state index contributed by atoms with van der Waals surface area (Å²) in [4.78, 5) is 45.4. The maximum absolute atomic E-state index is 14.3. The number of carbonyl (C=O) groups is 2. The Hall–Kier alpha value is -5.33. The fourth-order valence-electron chi connectivity index (χ4n) is 7.13. The van der Waals surface area contributed by atoms with Gasteiger partial charge in [0, 0.05) is 38.5 Å². The lowest BCUT2D eigenvalue weighted by atomic mass is 10.0. The third-order valence-electron chi connectivity index (χ3n) is 10.3. The Bertz CT molecular complexity index is 2610. The average Bonchev–Trinajstić information content (AvgIpc) is 3.51. The standard InChI is InChI=1S/C42H51BrFN9O10S/c1-26-24-28(11-12-31(26)49-41-46-25-29(43)39(51-41)48-32-9-4-8-30(44)36(32)38(45)55)64(58,59)47-15-17-61-19-21-63-23-22-62-20-18-60-16-5-7-27-6-3-10-33-37(27)52(2)42(57)53(33)34-13-14-35(54)50-40(34)56/h3-4,6,8-12,24-25,34,40,47,56H,5,7,13-23H2,1-2H3,(H2,45,55)(H,50,54)(H2,46,48,49,51). The SMILES string of the molecule is Cc1cc(S(=O)(=O)NCCOCCOCCOCCOCCCc2cccc3c2n(C)c(=O)n3C2CCC(=O)NC2O)ccc1Nc1ncc(Br)c(Nc2cccc(F)c2C(N)=O)n1. The summed E-state index contributed by atoms with van der Waals surface area (Å²) < 4.78 is 68.7. The molecular formula is C42H51BrFN9O10S. The number of benzene rings is 3. The number of hydrogen-bond acceptors (Lipinski definition) is 14. The maximum Gasteiger partial charge on any atom is 0.329 e. The highest BCUT2D eigenvalue weighted by atomic mass is 79.9. The van der Waals surface area contributed by atoms with Crippen molar-refractivity contribution in [1.29, 1.82) is 0 Å². The third-order valence-corrected chi connectivity index (χ3v) is 12.3. The Morgan fingerprint density at radius 1 is 0.969 bits per heavy atom. The fourth-order valence-corrected chi connectivity index (χ4v) is 8.51. The number of para-hydroxylation sites is 1. The lowest BCUT2D eigenvalue weighted by Crippen LogP contribution is -2.47. The van der Waals surface area contributed by atoms with Gasteiger partial charge in [0.05, 0.1) is 83.9 Å². The number of hydrogen-bond donors (Lipinski definition) is 6. The molecule has 1 aliphatic heterocycles. The Morgan fingerprint density at radius 3 is 2.34 bits per heavy atom. The molecule has 2 aromatic heterocycles. The monoisotopic (exact) mass is 971 g/mol. The number of piperidine rings is 1. The Labute approximate surface area is 377 Å². The van der Waals surface area contributed by atoms with E-state index in [-0.39, 0.29) is 65.7 Å². The number of rotatable bonds is 24. The van der Waals surface area contributed by atoms with E-state index in [1.165, 1.54) is 30.5 Å². The van der Waals surface area contributed by atoms with Crippen LogP contribution in [0.15, 0.2) is 75.0 Å². The van der Waals surface area contributed by atoms with Crippen LogP contribution < -0.4 is 32.1 Å². The van der Waals surface area contributed by atoms with Crippen molar-refractivity contribution in [3.05, 3.63) is 98.3 Å². The summed E-state index contributed by atoms with van der Waals surface area (Å²) in [7, 11) is -2.13. The number of primary amides is 1. The third kappa shape index (κ3) is 12.3. The number of aromatic nitrogens is 4. The molecule has 344 valence electrons. The normalized spacial score (nSPS) is 15.4. The van der Waals surface area contributed by atoms with E-state index in [1.54, 1.807) is 29.2 Å². The number of fused-ring (bicyclic) bond motifs is 1. The molecular weight excluding hydrogens is 921 g/mol. The number of aliphatic hydroxyl groups is 1. The topological polar surface area (TPSA) is 252 Å². The predicted molar refractivity (Wildman–Crippen MR) is 239 cm³/mol. The number of sulfonamides is 1. The minimum atomic E-state index is -3.84. The van der Waals surface area contributed by atoms with Gasteiger partial charge in [0.1, 0.15) is 17.9 Å². The van der Waals surface area contributed by atoms with Crippen LogP contribution >= 0.6 is 15.9 Å². The number of anilines is 4. The quantitative estimate of drug-likeness (QED) is 0.0483. The van der Waals surface area contributed by atoms with Gasteiger partial charge < -0.3 is 45.7 Å². The molecule has 0 radical (unpaired) electrons. The highest BCUT2D eigenvalue weighted by Gasteiger charge is 2.31. The van der Waals surface area contributed by atoms with Gasteiger partial charge in [-0.05, 0) is 89.6 Å². The van der Waals surface area contributed by atoms with Crippen molar-refractivity contribution in [3.8, 4) is 0 Å². The van der Waals surface area contributed by atoms with E-state index in [4.69, 9.17) is 24.7 Å². The van der Waals surface area contributed by atoms with Crippen molar-refractivity contribution in [3.63, 3.8) is 0 Å². The van der Waals surface area contributed by atoms with E-state index in [9.17, 15) is 32.3 Å². The zero-order valence-corrected chi connectivity index (χ0v) is 37.7. The summed E-state index contributed by atoms with van der Waals surface area (Å²) >= 11 is 3.34. The molecule has 0 saturated carbocycles. The van der Waals surface area contributed by atoms with E-state index in [1.807, 2.05) is 18.2 Å². The summed E-state index contributed by atoms with van der Waals surface area (Å²) in [6, 6.07) is 13.7. The zero-order chi connectivity index (χ0) is 45.8. The van der Waals surface area contributed by atoms with Crippen LogP contribution in [0.4, 0.5) is 27.5 Å². The number of amides is 2. The smallest absolute Gasteiger partial charge is 0.329 e. The molecule has 64 heavy (non-hydrogen) atoms. The van der Waals surface area contributed by atoms with Gasteiger partial charge in [0.25, 0.3) is 5.91 Å².